The Labute approximate surface area is 77.1 Å². The van der Waals surface area contributed by atoms with Gasteiger partial charge in [-0.05, 0) is 12.8 Å². The molecule has 2 unspecified atom stereocenters. The van der Waals surface area contributed by atoms with Gasteiger partial charge in [0.2, 0.25) is 0 Å². The minimum atomic E-state index is 0.148. The Balaban J connectivity index is 2.04. The lowest BCUT2D eigenvalue weighted by Crippen LogP contribution is -2.18. The van der Waals surface area contributed by atoms with Crippen LogP contribution in [0.25, 0.3) is 0 Å². The average molecular weight is 179 g/mol. The van der Waals surface area contributed by atoms with Crippen LogP contribution < -0.4 is 5.73 Å². The van der Waals surface area contributed by atoms with Gasteiger partial charge in [-0.3, -0.25) is 0 Å². The first kappa shape index (κ1) is 8.59. The number of nitrogens with two attached hydrogens (primary N) is 1. The van der Waals surface area contributed by atoms with E-state index in [1.165, 1.54) is 6.33 Å². The lowest BCUT2D eigenvalue weighted by atomic mass is 10.1. The molecule has 2 N–H and O–H groups in total. The summed E-state index contributed by atoms with van der Waals surface area (Å²) in [5, 5.41) is 0. The molecule has 4 heteroatoms. The van der Waals surface area contributed by atoms with Gasteiger partial charge in [-0.2, -0.15) is 0 Å². The largest absolute Gasteiger partial charge is 0.369 e. The van der Waals surface area contributed by atoms with E-state index in [-0.39, 0.29) is 12.2 Å². The zero-order valence-corrected chi connectivity index (χ0v) is 7.39. The van der Waals surface area contributed by atoms with Crippen molar-refractivity contribution in [2.45, 2.75) is 25.0 Å². The fraction of sp³-hybridized carbons (Fsp3) is 0.556. The highest BCUT2D eigenvalue weighted by molar-refractivity contribution is 5.08. The summed E-state index contributed by atoms with van der Waals surface area (Å²) in [6.07, 6.45) is 7.55. The van der Waals surface area contributed by atoms with E-state index in [1.54, 1.807) is 12.4 Å². The molecule has 2 rings (SSSR count). The summed E-state index contributed by atoms with van der Waals surface area (Å²) >= 11 is 0. The molecule has 1 aromatic heterocycles. The second-order valence-electron chi connectivity index (χ2n) is 3.23. The van der Waals surface area contributed by atoms with Crippen LogP contribution in [0, 0.1) is 0 Å². The van der Waals surface area contributed by atoms with Gasteiger partial charge in [0.25, 0.3) is 0 Å². The predicted molar refractivity (Wildman–Crippen MR) is 47.9 cm³/mol. The van der Waals surface area contributed by atoms with Gasteiger partial charge in [0.05, 0.1) is 12.2 Å². The van der Waals surface area contributed by atoms with E-state index in [2.05, 4.69) is 9.97 Å². The Morgan fingerprint density at radius 3 is 2.77 bits per heavy atom. The number of nitrogens with zero attached hydrogens (tertiary/aromatic N) is 2. The van der Waals surface area contributed by atoms with Crippen LogP contribution in [0.1, 0.15) is 24.5 Å². The molecule has 1 saturated heterocycles. The van der Waals surface area contributed by atoms with E-state index in [0.717, 1.165) is 18.4 Å². The molecule has 0 spiro atoms. The summed E-state index contributed by atoms with van der Waals surface area (Å²) in [6.45, 7) is 0.601. The Morgan fingerprint density at radius 2 is 2.15 bits per heavy atom. The standard InChI is InChI=1S/C9H13N3O/c10-3-8-1-2-9(13-8)7-4-11-6-12-5-7/h4-6,8-9H,1-3,10H2. The van der Waals surface area contributed by atoms with Gasteiger partial charge >= 0.3 is 0 Å². The van der Waals surface area contributed by atoms with Crippen LogP contribution in [0.5, 0.6) is 0 Å². The van der Waals surface area contributed by atoms with E-state index < -0.39 is 0 Å². The first-order chi connectivity index (χ1) is 6.40. The van der Waals surface area contributed by atoms with Crippen LogP contribution in [0.4, 0.5) is 0 Å². The molecule has 0 saturated carbocycles. The molecule has 13 heavy (non-hydrogen) atoms. The normalized spacial score (nSPS) is 27.8. The maximum atomic E-state index is 5.69. The lowest BCUT2D eigenvalue weighted by molar-refractivity contribution is 0.0494. The van der Waals surface area contributed by atoms with Crippen LogP contribution in [0.2, 0.25) is 0 Å². The van der Waals surface area contributed by atoms with Crippen molar-refractivity contribution in [3.63, 3.8) is 0 Å². The Hall–Kier alpha value is -1.00. The van der Waals surface area contributed by atoms with Crippen LogP contribution in [0.3, 0.4) is 0 Å². The van der Waals surface area contributed by atoms with Gasteiger partial charge in [0.1, 0.15) is 6.33 Å². The van der Waals surface area contributed by atoms with Crippen molar-refractivity contribution in [2.75, 3.05) is 6.54 Å². The average Bonchev–Trinajstić information content (AvgIpc) is 2.67. The highest BCUT2D eigenvalue weighted by atomic mass is 16.5. The van der Waals surface area contributed by atoms with E-state index in [9.17, 15) is 0 Å². The maximum absolute atomic E-state index is 5.69. The van der Waals surface area contributed by atoms with Crippen molar-refractivity contribution >= 4 is 0 Å². The number of rotatable bonds is 2. The highest BCUT2D eigenvalue weighted by Crippen LogP contribution is 2.31. The Kier molecular flexibility index (Phi) is 2.52. The van der Waals surface area contributed by atoms with Crippen molar-refractivity contribution in [2.24, 2.45) is 5.73 Å². The second kappa shape index (κ2) is 3.81. The summed E-state index contributed by atoms with van der Waals surface area (Å²) in [5.74, 6) is 0. The molecular weight excluding hydrogens is 166 g/mol. The number of hydrogen-bond acceptors (Lipinski definition) is 4. The second-order valence-corrected chi connectivity index (χ2v) is 3.23. The lowest BCUT2D eigenvalue weighted by Gasteiger charge is -2.11. The van der Waals surface area contributed by atoms with Gasteiger partial charge in [-0.1, -0.05) is 0 Å². The van der Waals surface area contributed by atoms with Gasteiger partial charge in [0, 0.05) is 24.5 Å². The van der Waals surface area contributed by atoms with Gasteiger partial charge in [-0.25, -0.2) is 9.97 Å². The smallest absolute Gasteiger partial charge is 0.115 e. The summed E-state index contributed by atoms with van der Waals surface area (Å²) in [4.78, 5) is 7.92. The molecule has 1 fully saturated rings. The monoisotopic (exact) mass is 179 g/mol. The highest BCUT2D eigenvalue weighted by Gasteiger charge is 2.25. The number of aromatic nitrogens is 2. The summed E-state index contributed by atoms with van der Waals surface area (Å²) < 4.78 is 5.69. The molecule has 4 nitrogen and oxygen atoms in total. The summed E-state index contributed by atoms with van der Waals surface area (Å²) in [5.41, 5.74) is 6.57. The number of hydrogen-bond donors (Lipinski definition) is 1. The zero-order chi connectivity index (χ0) is 9.10. The third-order valence-corrected chi connectivity index (χ3v) is 2.32. The van der Waals surface area contributed by atoms with Crippen molar-refractivity contribution in [3.05, 3.63) is 24.3 Å². The SMILES string of the molecule is NCC1CCC(c2cncnc2)O1. The Morgan fingerprint density at radius 1 is 1.38 bits per heavy atom. The van der Waals surface area contributed by atoms with E-state index in [1.807, 2.05) is 0 Å². The van der Waals surface area contributed by atoms with Crippen LogP contribution >= 0.6 is 0 Å². The van der Waals surface area contributed by atoms with E-state index >= 15 is 0 Å². The van der Waals surface area contributed by atoms with Crippen molar-refractivity contribution < 1.29 is 4.74 Å². The zero-order valence-electron chi connectivity index (χ0n) is 7.39. The maximum Gasteiger partial charge on any atom is 0.115 e. The van der Waals surface area contributed by atoms with Gasteiger partial charge in [0.15, 0.2) is 0 Å². The topological polar surface area (TPSA) is 61.0 Å². The molecule has 2 atom stereocenters. The first-order valence-electron chi connectivity index (χ1n) is 4.50. The molecule has 70 valence electrons. The van der Waals surface area contributed by atoms with E-state index in [0.29, 0.717) is 6.54 Å². The first-order valence-corrected chi connectivity index (χ1v) is 4.50. The minimum Gasteiger partial charge on any atom is -0.369 e. The minimum absolute atomic E-state index is 0.148. The van der Waals surface area contributed by atoms with Crippen LogP contribution in [-0.2, 0) is 4.74 Å². The molecule has 0 aromatic carbocycles. The summed E-state index contributed by atoms with van der Waals surface area (Å²) in [6, 6.07) is 0. The van der Waals surface area contributed by atoms with Crippen LogP contribution in [-0.4, -0.2) is 22.6 Å². The molecule has 1 aliphatic rings. The van der Waals surface area contributed by atoms with Gasteiger partial charge in [-0.15, -0.1) is 0 Å². The third-order valence-electron chi connectivity index (χ3n) is 2.32. The molecule has 0 radical (unpaired) electrons. The molecular formula is C9H13N3O. The quantitative estimate of drug-likeness (QED) is 0.724. The molecule has 2 heterocycles. The molecule has 0 bridgehead atoms. The van der Waals surface area contributed by atoms with Crippen molar-refractivity contribution in [1.29, 1.82) is 0 Å². The predicted octanol–water partition coefficient (Wildman–Crippen LogP) is 0.655. The van der Waals surface area contributed by atoms with Crippen LogP contribution in [0.15, 0.2) is 18.7 Å². The summed E-state index contributed by atoms with van der Waals surface area (Å²) in [7, 11) is 0. The van der Waals surface area contributed by atoms with Crippen molar-refractivity contribution in [1.82, 2.24) is 9.97 Å². The fourth-order valence-corrected chi connectivity index (χ4v) is 1.60. The van der Waals surface area contributed by atoms with Gasteiger partial charge < -0.3 is 10.5 Å². The molecule has 1 aliphatic heterocycles. The van der Waals surface area contributed by atoms with E-state index in [4.69, 9.17) is 10.5 Å². The molecule has 0 amide bonds. The van der Waals surface area contributed by atoms with Crippen molar-refractivity contribution in [3.8, 4) is 0 Å². The number of ether oxygens (including phenoxy) is 1. The Bertz CT molecular complexity index is 265. The molecule has 1 aromatic rings. The third kappa shape index (κ3) is 1.84. The fourth-order valence-electron chi connectivity index (χ4n) is 1.60. The molecule has 0 aliphatic carbocycles.